The largest absolute Gasteiger partial charge is 0.396 e. The molecule has 0 bridgehead atoms. The molecule has 0 saturated carbocycles. The highest BCUT2D eigenvalue weighted by atomic mass is 19.4. The monoisotopic (exact) mass is 275 g/mol. The highest BCUT2D eigenvalue weighted by Crippen LogP contribution is 2.21. The Labute approximate surface area is 109 Å². The Morgan fingerprint density at radius 3 is 2.06 bits per heavy atom. The van der Waals surface area contributed by atoms with Gasteiger partial charge in [-0.05, 0) is 12.8 Å². The molecule has 3 nitrogen and oxygen atoms in total. The normalized spacial score (nSPS) is 11.8. The molecule has 18 heavy (non-hydrogen) atoms. The molecule has 0 aliphatic carbocycles. The minimum atomic E-state index is -4.15. The number of hydrogen-bond donors (Lipinski definition) is 2. The minimum absolute atomic E-state index is 0.0117. The van der Waals surface area contributed by atoms with Gasteiger partial charge in [-0.1, -0.05) is 27.7 Å². The van der Waals surface area contributed by atoms with Gasteiger partial charge in [0.2, 0.25) is 0 Å². The van der Waals surface area contributed by atoms with Gasteiger partial charge in [0.25, 0.3) is 0 Å². The Morgan fingerprint density at radius 2 is 1.67 bits per heavy atom. The first-order valence-electron chi connectivity index (χ1n) is 6.46. The smallest absolute Gasteiger partial charge is 0.389 e. The number of halogens is 3. The van der Waals surface area contributed by atoms with Gasteiger partial charge in [0.1, 0.15) is 0 Å². The van der Waals surface area contributed by atoms with Gasteiger partial charge in [0.05, 0.1) is 6.61 Å². The van der Waals surface area contributed by atoms with Crippen molar-refractivity contribution in [2.24, 2.45) is 5.73 Å². The molecule has 1 unspecified atom stereocenters. The molecule has 114 valence electrons. The maximum atomic E-state index is 11.7. The second-order valence-electron chi connectivity index (χ2n) is 3.07. The lowest BCUT2D eigenvalue weighted by Gasteiger charge is -2.13. The predicted octanol–water partition coefficient (Wildman–Crippen LogP) is 3.11. The number of hydrogen-bond acceptors (Lipinski definition) is 3. The molecule has 1 atom stereocenters. The van der Waals surface area contributed by atoms with Gasteiger partial charge in [0.15, 0.2) is 0 Å². The second kappa shape index (κ2) is 16.7. The summed E-state index contributed by atoms with van der Waals surface area (Å²) in [7, 11) is 0. The first kappa shape index (κ1) is 22.8. The van der Waals surface area contributed by atoms with Gasteiger partial charge in [-0.3, -0.25) is 0 Å². The Morgan fingerprint density at radius 1 is 1.17 bits per heavy atom. The van der Waals surface area contributed by atoms with E-state index in [1.54, 1.807) is 0 Å². The molecule has 0 aliphatic rings. The van der Waals surface area contributed by atoms with Crippen LogP contribution in [-0.4, -0.2) is 37.1 Å². The third-order valence-electron chi connectivity index (χ3n) is 1.58. The van der Waals surface area contributed by atoms with Crippen LogP contribution in [0.2, 0.25) is 0 Å². The maximum Gasteiger partial charge on any atom is 0.389 e. The van der Waals surface area contributed by atoms with Crippen molar-refractivity contribution in [2.45, 2.75) is 59.2 Å². The molecule has 0 aromatic carbocycles. The van der Waals surface area contributed by atoms with Crippen molar-refractivity contribution in [1.29, 1.82) is 0 Å². The van der Waals surface area contributed by atoms with E-state index in [4.69, 9.17) is 15.6 Å². The Balaban J connectivity index is -0.000000506. The highest BCUT2D eigenvalue weighted by molar-refractivity contribution is 4.63. The van der Waals surface area contributed by atoms with E-state index < -0.39 is 18.6 Å². The summed E-state index contributed by atoms with van der Waals surface area (Å²) >= 11 is 0. The zero-order chi connectivity index (χ0) is 15.0. The summed E-state index contributed by atoms with van der Waals surface area (Å²) in [5, 5.41) is 8.38. The number of aliphatic hydroxyl groups excluding tert-OH is 1. The van der Waals surface area contributed by atoms with Crippen LogP contribution in [0.15, 0.2) is 0 Å². The topological polar surface area (TPSA) is 55.5 Å². The first-order chi connectivity index (χ1) is 8.45. The molecular weight excluding hydrogens is 247 g/mol. The van der Waals surface area contributed by atoms with Crippen LogP contribution in [0.5, 0.6) is 0 Å². The van der Waals surface area contributed by atoms with Crippen molar-refractivity contribution < 1.29 is 23.0 Å². The average Bonchev–Trinajstić information content (AvgIpc) is 2.36. The van der Waals surface area contributed by atoms with Gasteiger partial charge in [-0.15, -0.1) is 0 Å². The van der Waals surface area contributed by atoms with Crippen LogP contribution in [0, 0.1) is 0 Å². The third kappa shape index (κ3) is 24.8. The van der Waals surface area contributed by atoms with Crippen LogP contribution in [0.3, 0.4) is 0 Å². The SMILES string of the molecule is CC.CC.NC(CCC(F)(F)F)COCCCO. The zero-order valence-corrected chi connectivity index (χ0v) is 11.9. The summed E-state index contributed by atoms with van der Waals surface area (Å²) < 4.78 is 40.1. The molecule has 0 heterocycles. The lowest BCUT2D eigenvalue weighted by atomic mass is 10.2. The fraction of sp³-hybridized carbons (Fsp3) is 1.00. The van der Waals surface area contributed by atoms with Crippen molar-refractivity contribution >= 4 is 0 Å². The fourth-order valence-electron chi connectivity index (χ4n) is 0.834. The van der Waals surface area contributed by atoms with Gasteiger partial charge < -0.3 is 15.6 Å². The van der Waals surface area contributed by atoms with Gasteiger partial charge in [0, 0.05) is 25.7 Å². The molecule has 0 aromatic heterocycles. The molecule has 0 spiro atoms. The standard InChI is InChI=1S/C8H16F3NO2.2C2H6/c9-8(10,11)3-2-7(12)6-14-5-1-4-13;2*1-2/h7,13H,1-6,12H2;2*1-2H3. The summed E-state index contributed by atoms with van der Waals surface area (Å²) in [4.78, 5) is 0. The molecule has 3 N–H and O–H groups in total. The lowest BCUT2D eigenvalue weighted by molar-refractivity contribution is -0.136. The summed E-state index contributed by atoms with van der Waals surface area (Å²) in [6.45, 7) is 8.45. The van der Waals surface area contributed by atoms with Crippen LogP contribution < -0.4 is 5.73 Å². The van der Waals surface area contributed by atoms with Gasteiger partial charge in [-0.2, -0.15) is 13.2 Å². The molecular formula is C12H28F3NO2. The van der Waals surface area contributed by atoms with Crippen molar-refractivity contribution in [2.75, 3.05) is 19.8 Å². The maximum absolute atomic E-state index is 11.7. The summed E-state index contributed by atoms with van der Waals surface area (Å²) in [5.41, 5.74) is 5.38. The fourth-order valence-corrected chi connectivity index (χ4v) is 0.834. The van der Waals surface area contributed by atoms with Crippen LogP contribution in [0.25, 0.3) is 0 Å². The second-order valence-corrected chi connectivity index (χ2v) is 3.07. The van der Waals surface area contributed by atoms with Crippen molar-refractivity contribution in [3.8, 4) is 0 Å². The molecule has 6 heteroatoms. The molecule has 0 saturated heterocycles. The molecule has 0 aromatic rings. The number of ether oxygens (including phenoxy) is 1. The van der Waals surface area contributed by atoms with Crippen molar-refractivity contribution in [3.63, 3.8) is 0 Å². The molecule has 0 rings (SSSR count). The molecule has 0 fully saturated rings. The van der Waals surface area contributed by atoms with E-state index in [-0.39, 0.29) is 19.6 Å². The third-order valence-corrected chi connectivity index (χ3v) is 1.58. The van der Waals surface area contributed by atoms with Crippen LogP contribution in [0.4, 0.5) is 13.2 Å². The summed E-state index contributed by atoms with van der Waals surface area (Å²) in [6.07, 6.45) is -4.67. The van der Waals surface area contributed by atoms with E-state index in [9.17, 15) is 13.2 Å². The van der Waals surface area contributed by atoms with Crippen LogP contribution >= 0.6 is 0 Å². The average molecular weight is 275 g/mol. The Kier molecular flexibility index (Phi) is 21.1. The van der Waals surface area contributed by atoms with E-state index in [0.717, 1.165) is 0 Å². The van der Waals surface area contributed by atoms with E-state index in [1.165, 1.54) is 0 Å². The minimum Gasteiger partial charge on any atom is -0.396 e. The summed E-state index contributed by atoms with van der Waals surface area (Å²) in [6, 6.07) is -0.588. The van der Waals surface area contributed by atoms with Gasteiger partial charge in [-0.25, -0.2) is 0 Å². The highest BCUT2D eigenvalue weighted by Gasteiger charge is 2.27. The van der Waals surface area contributed by atoms with Gasteiger partial charge >= 0.3 is 6.18 Å². The van der Waals surface area contributed by atoms with E-state index >= 15 is 0 Å². The first-order valence-corrected chi connectivity index (χ1v) is 6.46. The van der Waals surface area contributed by atoms with Crippen LogP contribution in [-0.2, 0) is 4.74 Å². The van der Waals surface area contributed by atoms with Crippen LogP contribution in [0.1, 0.15) is 47.0 Å². The Bertz CT molecular complexity index is 144. The molecule has 0 aliphatic heterocycles. The van der Waals surface area contributed by atoms with Crippen molar-refractivity contribution in [1.82, 2.24) is 0 Å². The number of alkyl halides is 3. The number of nitrogens with two attached hydrogens (primary N) is 1. The molecule has 0 radical (unpaired) electrons. The van der Waals surface area contributed by atoms with E-state index in [0.29, 0.717) is 13.0 Å². The zero-order valence-electron chi connectivity index (χ0n) is 11.9. The number of rotatable bonds is 7. The Hall–Kier alpha value is -0.330. The quantitative estimate of drug-likeness (QED) is 0.702. The van der Waals surface area contributed by atoms with E-state index in [1.807, 2.05) is 27.7 Å². The summed E-state index contributed by atoms with van der Waals surface area (Å²) in [5.74, 6) is 0. The lowest BCUT2D eigenvalue weighted by Crippen LogP contribution is -2.28. The molecule has 0 amide bonds. The van der Waals surface area contributed by atoms with Crippen molar-refractivity contribution in [3.05, 3.63) is 0 Å². The number of aliphatic hydroxyl groups is 1. The predicted molar refractivity (Wildman–Crippen MR) is 68.5 cm³/mol. The van der Waals surface area contributed by atoms with E-state index in [2.05, 4.69) is 0 Å².